The first-order chi connectivity index (χ1) is 19.2. The van der Waals surface area contributed by atoms with Crippen LogP contribution < -0.4 is 15.0 Å². The molecule has 5 rings (SSSR count). The molecule has 0 radical (unpaired) electrons. The van der Waals surface area contributed by atoms with Gasteiger partial charge >= 0.3 is 0 Å². The number of benzene rings is 2. The quantitative estimate of drug-likeness (QED) is 0.407. The molecule has 1 saturated heterocycles. The van der Waals surface area contributed by atoms with E-state index in [1.54, 1.807) is 16.7 Å². The van der Waals surface area contributed by atoms with Crippen LogP contribution in [0.5, 0.6) is 5.75 Å². The Labute approximate surface area is 244 Å². The topological polar surface area (TPSA) is 85.7 Å². The highest BCUT2D eigenvalue weighted by Crippen LogP contribution is 2.48. The zero-order valence-corrected chi connectivity index (χ0v) is 24.8. The van der Waals surface area contributed by atoms with Crippen LogP contribution in [0.2, 0.25) is 5.02 Å². The molecule has 0 aliphatic carbocycles. The molecule has 2 aliphatic rings. The Kier molecular flexibility index (Phi) is 8.44. The number of hydrogen-bond donors (Lipinski definition) is 1. The fraction of sp³-hybridized carbons (Fsp3) is 0.433. The molecule has 2 aliphatic heterocycles. The predicted molar refractivity (Wildman–Crippen MR) is 159 cm³/mol. The molecule has 1 aromatic heterocycles. The SMILES string of the molecule is COc1ccc(-n2nc(C(C)(C)C)c3c2N(CC(=O)NC[C@@H]2CCCO2)C(=O)CS[C@H]3c2cccc(Cl)c2)cc1. The van der Waals surface area contributed by atoms with Gasteiger partial charge in [0.1, 0.15) is 18.1 Å². The van der Waals surface area contributed by atoms with Crippen molar-refractivity contribution in [3.8, 4) is 11.4 Å². The van der Waals surface area contributed by atoms with E-state index in [0.717, 1.165) is 35.3 Å². The van der Waals surface area contributed by atoms with Crippen molar-refractivity contribution < 1.29 is 19.1 Å². The number of amides is 2. The summed E-state index contributed by atoms with van der Waals surface area (Å²) >= 11 is 7.95. The highest BCUT2D eigenvalue weighted by molar-refractivity contribution is 8.00. The molecular weight excluding hydrogens is 548 g/mol. The number of thioether (sulfide) groups is 1. The third-order valence-corrected chi connectivity index (χ3v) is 8.61. The molecule has 0 spiro atoms. The largest absolute Gasteiger partial charge is 0.497 e. The lowest BCUT2D eigenvalue weighted by Crippen LogP contribution is -2.44. The Balaban J connectivity index is 1.65. The zero-order chi connectivity index (χ0) is 28.4. The summed E-state index contributed by atoms with van der Waals surface area (Å²) in [7, 11) is 1.62. The van der Waals surface area contributed by atoms with Crippen LogP contribution in [0.15, 0.2) is 48.5 Å². The number of carbonyl (C=O) groups excluding carboxylic acids is 2. The second-order valence-corrected chi connectivity index (χ2v) is 12.6. The Bertz CT molecular complexity index is 1380. The van der Waals surface area contributed by atoms with Crippen molar-refractivity contribution in [1.29, 1.82) is 0 Å². The van der Waals surface area contributed by atoms with Gasteiger partial charge in [0.05, 0.1) is 35.6 Å². The van der Waals surface area contributed by atoms with Crippen LogP contribution in [0.3, 0.4) is 0 Å². The maximum Gasteiger partial charge on any atom is 0.240 e. The average molecular weight is 583 g/mol. The summed E-state index contributed by atoms with van der Waals surface area (Å²) in [5.74, 6) is 1.13. The van der Waals surface area contributed by atoms with Gasteiger partial charge in [0.2, 0.25) is 11.8 Å². The molecule has 40 heavy (non-hydrogen) atoms. The summed E-state index contributed by atoms with van der Waals surface area (Å²) in [6, 6.07) is 15.3. The number of carbonyl (C=O) groups is 2. The van der Waals surface area contributed by atoms with Gasteiger partial charge in [-0.25, -0.2) is 4.68 Å². The van der Waals surface area contributed by atoms with Crippen molar-refractivity contribution in [3.05, 3.63) is 70.4 Å². The second-order valence-electron chi connectivity index (χ2n) is 11.1. The number of halogens is 1. The molecule has 2 aromatic carbocycles. The normalized spacial score (nSPS) is 19.3. The Hall–Kier alpha value is -3.01. The number of anilines is 1. The van der Waals surface area contributed by atoms with Crippen LogP contribution in [-0.2, 0) is 19.7 Å². The van der Waals surface area contributed by atoms with Crippen LogP contribution in [0.25, 0.3) is 5.69 Å². The van der Waals surface area contributed by atoms with Crippen molar-refractivity contribution in [1.82, 2.24) is 15.1 Å². The molecule has 212 valence electrons. The lowest BCUT2D eigenvalue weighted by Gasteiger charge is -2.25. The van der Waals surface area contributed by atoms with E-state index >= 15 is 0 Å². The molecule has 0 unspecified atom stereocenters. The summed E-state index contributed by atoms with van der Waals surface area (Å²) in [4.78, 5) is 28.6. The molecule has 1 N–H and O–H groups in total. The van der Waals surface area contributed by atoms with Crippen LogP contribution in [0, 0.1) is 0 Å². The number of fused-ring (bicyclic) bond motifs is 1. The van der Waals surface area contributed by atoms with Crippen LogP contribution in [0.1, 0.15) is 55.7 Å². The van der Waals surface area contributed by atoms with Crippen molar-refractivity contribution in [2.75, 3.05) is 37.5 Å². The van der Waals surface area contributed by atoms with E-state index in [1.807, 2.05) is 48.5 Å². The summed E-state index contributed by atoms with van der Waals surface area (Å²) in [6.07, 6.45) is 1.93. The van der Waals surface area contributed by atoms with E-state index in [1.165, 1.54) is 11.8 Å². The highest BCUT2D eigenvalue weighted by Gasteiger charge is 2.40. The lowest BCUT2D eigenvalue weighted by molar-refractivity contribution is -0.123. The molecule has 0 bridgehead atoms. The van der Waals surface area contributed by atoms with Crippen LogP contribution >= 0.6 is 23.4 Å². The minimum atomic E-state index is -0.347. The molecule has 10 heteroatoms. The molecule has 8 nitrogen and oxygen atoms in total. The van der Waals surface area contributed by atoms with Gasteiger partial charge in [0, 0.05) is 29.2 Å². The summed E-state index contributed by atoms with van der Waals surface area (Å²) in [5.41, 5.74) is 3.17. The number of methoxy groups -OCH3 is 1. The van der Waals surface area contributed by atoms with Crippen LogP contribution in [-0.4, -0.2) is 60.3 Å². The number of rotatable bonds is 7. The molecule has 2 amide bonds. The minimum absolute atomic E-state index is 0.0134. The van der Waals surface area contributed by atoms with E-state index < -0.39 is 0 Å². The Morgan fingerprint density at radius 1 is 1.23 bits per heavy atom. The second kappa shape index (κ2) is 11.8. The van der Waals surface area contributed by atoms with Crippen molar-refractivity contribution in [2.24, 2.45) is 0 Å². The molecule has 0 saturated carbocycles. The number of nitrogens with zero attached hydrogens (tertiary/aromatic N) is 3. The van der Waals surface area contributed by atoms with Gasteiger partial charge in [-0.3, -0.25) is 14.5 Å². The maximum absolute atomic E-state index is 13.8. The highest BCUT2D eigenvalue weighted by atomic mass is 35.5. The van der Waals surface area contributed by atoms with Gasteiger partial charge in [-0.1, -0.05) is 44.5 Å². The van der Waals surface area contributed by atoms with Crippen LogP contribution in [0.4, 0.5) is 5.82 Å². The van der Waals surface area contributed by atoms with Gasteiger partial charge in [-0.05, 0) is 54.8 Å². The monoisotopic (exact) mass is 582 g/mol. The summed E-state index contributed by atoms with van der Waals surface area (Å²) in [6.45, 7) is 7.36. The first-order valence-corrected chi connectivity index (χ1v) is 14.9. The Morgan fingerprint density at radius 2 is 2.00 bits per heavy atom. The van der Waals surface area contributed by atoms with Gasteiger partial charge < -0.3 is 14.8 Å². The smallest absolute Gasteiger partial charge is 0.240 e. The third-order valence-electron chi connectivity index (χ3n) is 7.12. The van der Waals surface area contributed by atoms with Crippen molar-refractivity contribution in [3.63, 3.8) is 0 Å². The van der Waals surface area contributed by atoms with E-state index in [0.29, 0.717) is 29.7 Å². The fourth-order valence-corrected chi connectivity index (χ4v) is 6.53. The van der Waals surface area contributed by atoms with Gasteiger partial charge in [-0.2, -0.15) is 5.10 Å². The summed E-state index contributed by atoms with van der Waals surface area (Å²) in [5, 5.41) is 8.51. The van der Waals surface area contributed by atoms with Gasteiger partial charge in [0.15, 0.2) is 0 Å². The third kappa shape index (κ3) is 6.01. The first-order valence-electron chi connectivity index (χ1n) is 13.5. The van der Waals surface area contributed by atoms with E-state index in [4.69, 9.17) is 26.2 Å². The number of hydrogen-bond acceptors (Lipinski definition) is 6. The average Bonchev–Trinajstić information content (AvgIpc) is 3.56. The van der Waals surface area contributed by atoms with Gasteiger partial charge in [-0.15, -0.1) is 11.8 Å². The molecular formula is C30H35ClN4O4S. The van der Waals surface area contributed by atoms with E-state index in [9.17, 15) is 9.59 Å². The van der Waals surface area contributed by atoms with Gasteiger partial charge in [0.25, 0.3) is 0 Å². The standard InChI is InChI=1S/C30H35ClN4O4S/c1-30(2,3)28-26-27(19-7-5-8-20(31)15-19)40-18-25(37)34(17-24(36)32-16-23-9-6-14-39-23)29(26)35(33-28)21-10-12-22(38-4)13-11-21/h5,7-8,10-13,15,23,27H,6,9,14,16-18H2,1-4H3,(H,32,36)/t23-,27-/m0/s1. The molecule has 2 atom stereocenters. The van der Waals surface area contributed by atoms with E-state index in [-0.39, 0.29) is 40.9 Å². The summed E-state index contributed by atoms with van der Waals surface area (Å²) < 4.78 is 12.8. The lowest BCUT2D eigenvalue weighted by atomic mass is 9.87. The predicted octanol–water partition coefficient (Wildman–Crippen LogP) is 5.30. The fourth-order valence-electron chi connectivity index (χ4n) is 5.14. The number of nitrogens with one attached hydrogen (secondary N) is 1. The maximum atomic E-state index is 13.8. The zero-order valence-electron chi connectivity index (χ0n) is 23.3. The first kappa shape index (κ1) is 28.5. The minimum Gasteiger partial charge on any atom is -0.497 e. The van der Waals surface area contributed by atoms with E-state index in [2.05, 4.69) is 26.1 Å². The molecule has 3 heterocycles. The number of ether oxygens (including phenoxy) is 2. The molecule has 3 aromatic rings. The molecule has 1 fully saturated rings. The Morgan fingerprint density at radius 3 is 2.65 bits per heavy atom. The van der Waals surface area contributed by atoms with Crippen molar-refractivity contribution >= 4 is 41.0 Å². The van der Waals surface area contributed by atoms with Crippen molar-refractivity contribution in [2.45, 2.75) is 50.4 Å². The number of aromatic nitrogens is 2.